The molecule has 7 heteroatoms. The Bertz CT molecular complexity index is 1110. The van der Waals surface area contributed by atoms with Crippen molar-refractivity contribution in [2.45, 2.75) is 31.1 Å². The molecule has 5 nitrogen and oxygen atoms in total. The predicted molar refractivity (Wildman–Crippen MR) is 110 cm³/mol. The lowest BCUT2D eigenvalue weighted by atomic mass is 10.2. The highest BCUT2D eigenvalue weighted by molar-refractivity contribution is 7.93. The van der Waals surface area contributed by atoms with E-state index in [4.69, 9.17) is 0 Å². The van der Waals surface area contributed by atoms with Gasteiger partial charge in [-0.15, -0.1) is 11.3 Å². The van der Waals surface area contributed by atoms with Crippen LogP contribution in [-0.4, -0.2) is 19.4 Å². The van der Waals surface area contributed by atoms with E-state index in [1.54, 1.807) is 12.1 Å². The molecule has 0 aliphatic heterocycles. The van der Waals surface area contributed by atoms with Crippen molar-refractivity contribution in [3.8, 4) is 5.75 Å². The van der Waals surface area contributed by atoms with E-state index < -0.39 is 15.9 Å². The molecule has 0 saturated heterocycles. The van der Waals surface area contributed by atoms with Gasteiger partial charge in [-0.3, -0.25) is 4.79 Å². The molecule has 0 spiro atoms. The molecule has 0 fully saturated rings. The molecular formula is C21H19NO4S2. The minimum atomic E-state index is -4.11. The van der Waals surface area contributed by atoms with Gasteiger partial charge >= 0.3 is 0 Å². The lowest BCUT2D eigenvalue weighted by molar-refractivity contribution is 0.101. The van der Waals surface area contributed by atoms with Crippen LogP contribution in [0.2, 0.25) is 0 Å². The number of hydrogen-bond donors (Lipinski definition) is 1. The lowest BCUT2D eigenvalue weighted by Crippen LogP contribution is -2.36. The first kappa shape index (κ1) is 18.7. The summed E-state index contributed by atoms with van der Waals surface area (Å²) in [6, 6.07) is 13.8. The number of carbonyl (C=O) groups excluding carboxylic acids is 1. The van der Waals surface area contributed by atoms with Gasteiger partial charge in [0, 0.05) is 4.88 Å². The highest BCUT2D eigenvalue weighted by atomic mass is 32.2. The molecule has 1 aromatic heterocycles. The van der Waals surface area contributed by atoms with Crippen LogP contribution in [-0.2, 0) is 22.9 Å². The van der Waals surface area contributed by atoms with Crippen LogP contribution in [0.1, 0.15) is 32.1 Å². The van der Waals surface area contributed by atoms with Crippen LogP contribution in [0.15, 0.2) is 59.5 Å². The van der Waals surface area contributed by atoms with E-state index in [0.29, 0.717) is 4.88 Å². The van der Waals surface area contributed by atoms with Crippen molar-refractivity contribution in [2.75, 3.05) is 4.31 Å². The number of nitrogens with zero attached hydrogens (tertiary/aromatic N) is 1. The number of benzene rings is 2. The summed E-state index contributed by atoms with van der Waals surface area (Å²) in [7, 11) is -4.11. The average Bonchev–Trinajstić information content (AvgIpc) is 3.26. The molecular weight excluding hydrogens is 394 g/mol. The van der Waals surface area contributed by atoms with Crippen LogP contribution in [0.25, 0.3) is 0 Å². The van der Waals surface area contributed by atoms with E-state index in [9.17, 15) is 18.3 Å². The summed E-state index contributed by atoms with van der Waals surface area (Å²) in [5.74, 6) is -0.579. The maximum Gasteiger partial charge on any atom is 0.282 e. The van der Waals surface area contributed by atoms with Gasteiger partial charge in [-0.2, -0.15) is 4.31 Å². The summed E-state index contributed by atoms with van der Waals surface area (Å²) in [4.78, 5) is 14.9. The van der Waals surface area contributed by atoms with E-state index in [2.05, 4.69) is 0 Å². The van der Waals surface area contributed by atoms with Gasteiger partial charge in [0.2, 0.25) is 0 Å². The van der Waals surface area contributed by atoms with E-state index in [0.717, 1.165) is 39.6 Å². The number of amides is 1. The molecule has 0 radical (unpaired) electrons. The Kier molecular flexibility index (Phi) is 4.72. The fourth-order valence-electron chi connectivity index (χ4n) is 3.30. The summed E-state index contributed by atoms with van der Waals surface area (Å²) in [5, 5.41) is 9.57. The zero-order valence-corrected chi connectivity index (χ0v) is 16.9. The van der Waals surface area contributed by atoms with Crippen LogP contribution >= 0.6 is 11.3 Å². The molecule has 144 valence electrons. The third-order valence-electron chi connectivity index (χ3n) is 4.79. The number of phenols is 1. The van der Waals surface area contributed by atoms with Crippen molar-refractivity contribution in [2.24, 2.45) is 0 Å². The van der Waals surface area contributed by atoms with E-state index in [1.807, 2.05) is 13.0 Å². The normalized spacial score (nSPS) is 13.3. The van der Waals surface area contributed by atoms with Crippen LogP contribution in [0, 0.1) is 6.92 Å². The molecule has 4 rings (SSSR count). The Morgan fingerprint density at radius 1 is 1.04 bits per heavy atom. The van der Waals surface area contributed by atoms with E-state index in [-0.39, 0.29) is 16.3 Å². The number of carbonyl (C=O) groups is 1. The Balaban J connectivity index is 1.82. The van der Waals surface area contributed by atoms with Crippen molar-refractivity contribution in [1.82, 2.24) is 0 Å². The standard InChI is InChI=1S/C21H19NO4S2/c1-14-5-11-18(12-6-14)28(25,26)22(16-7-9-17(23)10-8-16)21(24)20-13-15-3-2-4-19(15)27-20/h5-13,23H,2-4H2,1H3. The van der Waals surface area contributed by atoms with Gasteiger partial charge in [0.1, 0.15) is 5.75 Å². The second kappa shape index (κ2) is 7.07. The second-order valence-corrected chi connectivity index (χ2v) is 9.74. The van der Waals surface area contributed by atoms with Gasteiger partial charge in [-0.1, -0.05) is 17.7 Å². The highest BCUT2D eigenvalue weighted by Crippen LogP contribution is 2.34. The van der Waals surface area contributed by atoms with Crippen molar-refractivity contribution in [3.63, 3.8) is 0 Å². The van der Waals surface area contributed by atoms with Crippen molar-refractivity contribution >= 4 is 33.0 Å². The van der Waals surface area contributed by atoms with Gasteiger partial charge < -0.3 is 5.11 Å². The summed E-state index contributed by atoms with van der Waals surface area (Å²) >= 11 is 1.36. The maximum atomic E-state index is 13.4. The minimum absolute atomic E-state index is 0.000942. The van der Waals surface area contributed by atoms with Gasteiger partial charge in [0.05, 0.1) is 15.5 Å². The largest absolute Gasteiger partial charge is 0.508 e. The smallest absolute Gasteiger partial charge is 0.282 e. The minimum Gasteiger partial charge on any atom is -0.508 e. The van der Waals surface area contributed by atoms with Gasteiger partial charge in [-0.05, 0) is 74.2 Å². The highest BCUT2D eigenvalue weighted by Gasteiger charge is 2.33. The summed E-state index contributed by atoms with van der Waals surface area (Å²) in [6.45, 7) is 1.87. The number of fused-ring (bicyclic) bond motifs is 1. The number of aryl methyl sites for hydroxylation is 3. The van der Waals surface area contributed by atoms with Crippen LogP contribution < -0.4 is 4.31 Å². The fraction of sp³-hybridized carbons (Fsp3) is 0.190. The molecule has 1 aliphatic carbocycles. The number of phenolic OH excluding ortho intramolecular Hbond substituents is 1. The molecule has 1 aliphatic rings. The number of aromatic hydroxyl groups is 1. The van der Waals surface area contributed by atoms with Crippen molar-refractivity contribution < 1.29 is 18.3 Å². The second-order valence-electron chi connectivity index (χ2n) is 6.82. The van der Waals surface area contributed by atoms with Crippen molar-refractivity contribution in [3.05, 3.63) is 75.5 Å². The zero-order chi connectivity index (χ0) is 19.9. The Labute approximate surface area is 167 Å². The summed E-state index contributed by atoms with van der Waals surface area (Å²) in [6.07, 6.45) is 2.92. The Morgan fingerprint density at radius 3 is 2.36 bits per heavy atom. The molecule has 0 unspecified atom stereocenters. The molecule has 1 N–H and O–H groups in total. The van der Waals surface area contributed by atoms with Crippen LogP contribution in [0.5, 0.6) is 5.75 Å². The average molecular weight is 414 g/mol. The molecule has 0 atom stereocenters. The Hall–Kier alpha value is -2.64. The molecule has 1 amide bonds. The van der Waals surface area contributed by atoms with E-state index in [1.165, 1.54) is 47.7 Å². The summed E-state index contributed by atoms with van der Waals surface area (Å²) in [5.41, 5.74) is 2.25. The van der Waals surface area contributed by atoms with Crippen molar-refractivity contribution in [1.29, 1.82) is 0 Å². The first-order valence-corrected chi connectivity index (χ1v) is 11.2. The lowest BCUT2D eigenvalue weighted by Gasteiger charge is -2.22. The molecule has 3 aromatic rings. The SMILES string of the molecule is Cc1ccc(S(=O)(=O)N(C(=O)c2cc3c(s2)CCC3)c2ccc(O)cc2)cc1. The van der Waals surface area contributed by atoms with Gasteiger partial charge in [-0.25, -0.2) is 8.42 Å². The zero-order valence-electron chi connectivity index (χ0n) is 15.3. The Morgan fingerprint density at radius 2 is 1.71 bits per heavy atom. The number of hydrogen-bond acceptors (Lipinski definition) is 5. The summed E-state index contributed by atoms with van der Waals surface area (Å²) < 4.78 is 27.6. The molecule has 2 aromatic carbocycles. The quantitative estimate of drug-likeness (QED) is 0.692. The number of rotatable bonds is 4. The van der Waals surface area contributed by atoms with Crippen LogP contribution in [0.4, 0.5) is 5.69 Å². The maximum absolute atomic E-state index is 13.4. The first-order chi connectivity index (χ1) is 13.4. The third-order valence-corrected chi connectivity index (χ3v) is 7.74. The van der Waals surface area contributed by atoms with Gasteiger partial charge in [0.25, 0.3) is 15.9 Å². The first-order valence-electron chi connectivity index (χ1n) is 8.93. The van der Waals surface area contributed by atoms with E-state index >= 15 is 0 Å². The molecule has 0 saturated carbocycles. The predicted octanol–water partition coefficient (Wildman–Crippen LogP) is 4.29. The fourth-order valence-corrected chi connectivity index (χ4v) is 5.95. The molecule has 0 bridgehead atoms. The number of thiophene rings is 1. The third kappa shape index (κ3) is 3.31. The molecule has 1 heterocycles. The number of sulfonamides is 1. The monoisotopic (exact) mass is 413 g/mol. The molecule has 28 heavy (non-hydrogen) atoms. The van der Waals surface area contributed by atoms with Crippen LogP contribution in [0.3, 0.4) is 0 Å². The van der Waals surface area contributed by atoms with Gasteiger partial charge in [0.15, 0.2) is 0 Å². The number of anilines is 1. The topological polar surface area (TPSA) is 74.7 Å².